The Morgan fingerprint density at radius 1 is 1.47 bits per heavy atom. The van der Waals surface area contributed by atoms with Crippen LogP contribution in [-0.2, 0) is 19.1 Å². The minimum atomic E-state index is -1.02. The lowest BCUT2D eigenvalue weighted by atomic mass is 9.99. The number of hydrogen-bond acceptors (Lipinski definition) is 4. The first-order valence-corrected chi connectivity index (χ1v) is 5.78. The molecule has 2 N–H and O–H groups in total. The number of aliphatic carboxylic acids is 1. The monoisotopic (exact) mass is 245 g/mol. The van der Waals surface area contributed by atoms with Crippen molar-refractivity contribution in [1.82, 2.24) is 5.32 Å². The minimum absolute atomic E-state index is 0.124. The van der Waals surface area contributed by atoms with Crippen molar-refractivity contribution >= 4 is 11.9 Å². The van der Waals surface area contributed by atoms with E-state index in [1.54, 1.807) is 6.92 Å². The first kappa shape index (κ1) is 13.9. The van der Waals surface area contributed by atoms with Crippen LogP contribution in [0, 0.1) is 5.92 Å². The zero-order valence-electron chi connectivity index (χ0n) is 10.1. The normalized spacial score (nSPS) is 23.8. The first-order valence-electron chi connectivity index (χ1n) is 5.78. The maximum Gasteiger partial charge on any atom is 0.326 e. The Balaban J connectivity index is 2.53. The lowest BCUT2D eigenvalue weighted by molar-refractivity contribution is -0.153. The van der Waals surface area contributed by atoms with E-state index in [9.17, 15) is 9.59 Å². The van der Waals surface area contributed by atoms with E-state index in [4.69, 9.17) is 14.6 Å². The molecule has 1 aliphatic heterocycles. The summed E-state index contributed by atoms with van der Waals surface area (Å²) < 4.78 is 10.3. The van der Waals surface area contributed by atoms with Gasteiger partial charge >= 0.3 is 5.97 Å². The highest BCUT2D eigenvalue weighted by molar-refractivity contribution is 5.86. The minimum Gasteiger partial charge on any atom is -0.480 e. The van der Waals surface area contributed by atoms with Crippen LogP contribution >= 0.6 is 0 Å². The summed E-state index contributed by atoms with van der Waals surface area (Å²) in [6.07, 6.45) is -0.0196. The number of rotatable bonds is 5. The maximum atomic E-state index is 11.8. The quantitative estimate of drug-likeness (QED) is 0.713. The number of carbonyl (C=O) groups excluding carboxylic acids is 1. The van der Waals surface area contributed by atoms with E-state index in [0.717, 1.165) is 0 Å². The van der Waals surface area contributed by atoms with Crippen LogP contribution in [0.4, 0.5) is 0 Å². The molecule has 98 valence electrons. The molecule has 6 nitrogen and oxygen atoms in total. The van der Waals surface area contributed by atoms with Crippen LogP contribution < -0.4 is 5.32 Å². The molecule has 0 aromatic heterocycles. The number of carboxylic acid groups (broad SMARTS) is 1. The number of hydrogen-bond donors (Lipinski definition) is 2. The highest BCUT2D eigenvalue weighted by atomic mass is 16.6. The van der Waals surface area contributed by atoms with Gasteiger partial charge in [-0.2, -0.15) is 0 Å². The van der Waals surface area contributed by atoms with Crippen LogP contribution in [0.25, 0.3) is 0 Å². The van der Waals surface area contributed by atoms with E-state index in [2.05, 4.69) is 5.32 Å². The SMILES string of the molecule is CC[C@H](C)[C@@H](NC(=O)[C@H]1COCCO1)C(=O)O. The smallest absolute Gasteiger partial charge is 0.326 e. The molecule has 1 saturated heterocycles. The summed E-state index contributed by atoms with van der Waals surface area (Å²) in [4.78, 5) is 22.8. The van der Waals surface area contributed by atoms with Crippen molar-refractivity contribution in [3.63, 3.8) is 0 Å². The number of amides is 1. The third kappa shape index (κ3) is 3.98. The van der Waals surface area contributed by atoms with E-state index in [1.807, 2.05) is 6.92 Å². The fraction of sp³-hybridized carbons (Fsp3) is 0.818. The molecule has 1 rings (SSSR count). The molecule has 6 heteroatoms. The van der Waals surface area contributed by atoms with Gasteiger partial charge in [-0.25, -0.2) is 4.79 Å². The fourth-order valence-electron chi connectivity index (χ4n) is 1.57. The third-order valence-electron chi connectivity index (χ3n) is 2.89. The second-order valence-electron chi connectivity index (χ2n) is 4.14. The van der Waals surface area contributed by atoms with E-state index in [0.29, 0.717) is 19.6 Å². The number of carbonyl (C=O) groups is 2. The molecule has 0 unspecified atom stereocenters. The number of carboxylic acids is 1. The van der Waals surface area contributed by atoms with Crippen molar-refractivity contribution in [1.29, 1.82) is 0 Å². The molecule has 0 saturated carbocycles. The first-order chi connectivity index (χ1) is 8.06. The van der Waals surface area contributed by atoms with Crippen LogP contribution in [-0.4, -0.2) is 48.9 Å². The van der Waals surface area contributed by atoms with E-state index >= 15 is 0 Å². The molecule has 1 heterocycles. The molecule has 3 atom stereocenters. The molecule has 0 aromatic carbocycles. The van der Waals surface area contributed by atoms with Gasteiger partial charge in [0.1, 0.15) is 6.04 Å². The van der Waals surface area contributed by atoms with Crippen LogP contribution in [0.1, 0.15) is 20.3 Å². The Bertz CT molecular complexity index is 275. The van der Waals surface area contributed by atoms with Gasteiger partial charge in [-0.1, -0.05) is 20.3 Å². The van der Waals surface area contributed by atoms with E-state index in [1.165, 1.54) is 0 Å². The van der Waals surface area contributed by atoms with Crippen LogP contribution in [0.2, 0.25) is 0 Å². The average Bonchev–Trinajstić information content (AvgIpc) is 2.35. The largest absolute Gasteiger partial charge is 0.480 e. The Morgan fingerprint density at radius 2 is 2.18 bits per heavy atom. The zero-order chi connectivity index (χ0) is 12.8. The molecule has 17 heavy (non-hydrogen) atoms. The summed E-state index contributed by atoms with van der Waals surface area (Å²) in [6.45, 7) is 4.68. The Labute approximate surface area is 100 Å². The summed E-state index contributed by atoms with van der Waals surface area (Å²) in [5.41, 5.74) is 0. The van der Waals surface area contributed by atoms with E-state index < -0.39 is 24.0 Å². The lowest BCUT2D eigenvalue weighted by Crippen LogP contribution is -2.51. The molecular weight excluding hydrogens is 226 g/mol. The molecule has 1 aliphatic rings. The number of nitrogens with one attached hydrogen (secondary N) is 1. The van der Waals surface area contributed by atoms with Crippen molar-refractivity contribution in [3.05, 3.63) is 0 Å². The van der Waals surface area contributed by atoms with Crippen molar-refractivity contribution in [2.75, 3.05) is 19.8 Å². The topological polar surface area (TPSA) is 84.9 Å². The van der Waals surface area contributed by atoms with Crippen molar-refractivity contribution in [3.8, 4) is 0 Å². The van der Waals surface area contributed by atoms with Gasteiger partial charge in [0, 0.05) is 0 Å². The molecule has 0 bridgehead atoms. The van der Waals surface area contributed by atoms with Crippen LogP contribution in [0.15, 0.2) is 0 Å². The molecule has 0 aliphatic carbocycles. The maximum absolute atomic E-state index is 11.8. The summed E-state index contributed by atoms with van der Waals surface area (Å²) in [7, 11) is 0. The van der Waals surface area contributed by atoms with Crippen molar-refractivity contribution in [2.24, 2.45) is 5.92 Å². The van der Waals surface area contributed by atoms with Crippen molar-refractivity contribution < 1.29 is 24.2 Å². The van der Waals surface area contributed by atoms with Gasteiger partial charge < -0.3 is 19.9 Å². The fourth-order valence-corrected chi connectivity index (χ4v) is 1.57. The van der Waals surface area contributed by atoms with Gasteiger partial charge in [-0.15, -0.1) is 0 Å². The van der Waals surface area contributed by atoms with Gasteiger partial charge in [0.2, 0.25) is 0 Å². The van der Waals surface area contributed by atoms with Crippen LogP contribution in [0.3, 0.4) is 0 Å². The van der Waals surface area contributed by atoms with Gasteiger partial charge in [-0.3, -0.25) is 4.79 Å². The lowest BCUT2D eigenvalue weighted by Gasteiger charge is -2.26. The summed E-state index contributed by atoms with van der Waals surface area (Å²) in [5.74, 6) is -1.57. The second kappa shape index (κ2) is 6.56. The standard InChI is InChI=1S/C11H19NO5/c1-3-7(2)9(11(14)15)12-10(13)8-6-16-4-5-17-8/h7-9H,3-6H2,1-2H3,(H,12,13)(H,14,15)/t7-,8+,9+/m0/s1. The van der Waals surface area contributed by atoms with Gasteiger partial charge in [0.05, 0.1) is 19.8 Å². The molecule has 1 amide bonds. The van der Waals surface area contributed by atoms with E-state index in [-0.39, 0.29) is 12.5 Å². The molecule has 0 aromatic rings. The molecule has 0 spiro atoms. The number of ether oxygens (including phenoxy) is 2. The Kier molecular flexibility index (Phi) is 5.37. The van der Waals surface area contributed by atoms with Gasteiger partial charge in [0.15, 0.2) is 6.10 Å². The summed E-state index contributed by atoms with van der Waals surface area (Å²) >= 11 is 0. The third-order valence-corrected chi connectivity index (χ3v) is 2.89. The van der Waals surface area contributed by atoms with Crippen LogP contribution in [0.5, 0.6) is 0 Å². The summed E-state index contributed by atoms with van der Waals surface area (Å²) in [6, 6.07) is -0.877. The Hall–Kier alpha value is -1.14. The summed E-state index contributed by atoms with van der Waals surface area (Å²) in [5, 5.41) is 11.5. The molecule has 0 radical (unpaired) electrons. The molecular formula is C11H19NO5. The van der Waals surface area contributed by atoms with Crippen molar-refractivity contribution in [2.45, 2.75) is 32.4 Å². The average molecular weight is 245 g/mol. The molecule has 1 fully saturated rings. The predicted octanol–water partition coefficient (Wildman–Crippen LogP) is 0.0173. The van der Waals surface area contributed by atoms with Gasteiger partial charge in [0.25, 0.3) is 5.91 Å². The Morgan fingerprint density at radius 3 is 2.65 bits per heavy atom. The zero-order valence-corrected chi connectivity index (χ0v) is 10.1. The highest BCUT2D eigenvalue weighted by Gasteiger charge is 2.30. The highest BCUT2D eigenvalue weighted by Crippen LogP contribution is 2.09. The van der Waals surface area contributed by atoms with Gasteiger partial charge in [-0.05, 0) is 5.92 Å². The second-order valence-corrected chi connectivity index (χ2v) is 4.14. The predicted molar refractivity (Wildman–Crippen MR) is 59.6 cm³/mol.